The zero-order chi connectivity index (χ0) is 19.0. The van der Waals surface area contributed by atoms with Gasteiger partial charge >= 0.3 is 0 Å². The summed E-state index contributed by atoms with van der Waals surface area (Å²) in [6.07, 6.45) is 0. The van der Waals surface area contributed by atoms with Crippen molar-refractivity contribution in [2.24, 2.45) is 0 Å². The van der Waals surface area contributed by atoms with E-state index in [1.807, 2.05) is 37.3 Å². The molecular weight excluding hydrogens is 362 g/mol. The molecule has 0 aliphatic carbocycles. The number of benzene rings is 2. The maximum Gasteiger partial charge on any atom is 0.283 e. The third-order valence-electron chi connectivity index (χ3n) is 4.39. The van der Waals surface area contributed by atoms with Crippen molar-refractivity contribution in [2.45, 2.75) is 12.1 Å². The van der Waals surface area contributed by atoms with Gasteiger partial charge in [-0.2, -0.15) is 0 Å². The first kappa shape index (κ1) is 17.5. The minimum absolute atomic E-state index is 0.139. The summed E-state index contributed by atoms with van der Waals surface area (Å²) in [5.41, 5.74) is 2.63. The van der Waals surface area contributed by atoms with E-state index in [0.29, 0.717) is 33.4 Å². The van der Waals surface area contributed by atoms with Crippen LogP contribution in [-0.4, -0.2) is 34.5 Å². The minimum atomic E-state index is -0.139. The zero-order valence-electron chi connectivity index (χ0n) is 15.3. The highest BCUT2D eigenvalue weighted by Gasteiger charge is 2.18. The zero-order valence-corrected chi connectivity index (χ0v) is 16.1. The predicted molar refractivity (Wildman–Crippen MR) is 109 cm³/mol. The van der Waals surface area contributed by atoms with Crippen molar-refractivity contribution in [3.05, 3.63) is 52.8 Å². The lowest BCUT2D eigenvalue weighted by Crippen LogP contribution is -2.22. The third-order valence-corrected chi connectivity index (χ3v) is 5.21. The van der Waals surface area contributed by atoms with Gasteiger partial charge in [-0.05, 0) is 24.0 Å². The second kappa shape index (κ2) is 7.00. The fraction of sp³-hybridized carbons (Fsp3) is 0.200. The number of para-hydroxylation sites is 1. The Morgan fingerprint density at radius 3 is 2.63 bits per heavy atom. The molecule has 1 N–H and O–H groups in total. The van der Waals surface area contributed by atoms with Gasteiger partial charge in [0.15, 0.2) is 16.7 Å². The number of hydrogen-bond donors (Lipinski definition) is 1. The van der Waals surface area contributed by atoms with Crippen LogP contribution in [0.4, 0.5) is 0 Å². The molecule has 0 unspecified atom stereocenters. The fourth-order valence-electron chi connectivity index (χ4n) is 3.16. The number of hydrogen-bond acceptors (Lipinski definition) is 5. The standard InChI is InChI=1S/C20H19N3O3S/c1-4-27-20-22-17-13-7-5-6-8-14(13)21-18(17)19(24)23(20)12-9-10-15(25-2)16(11-12)26-3/h5-11,21H,4H2,1-3H3. The van der Waals surface area contributed by atoms with Gasteiger partial charge < -0.3 is 14.5 Å². The van der Waals surface area contributed by atoms with Gasteiger partial charge in [0, 0.05) is 17.0 Å². The van der Waals surface area contributed by atoms with Gasteiger partial charge in [-0.1, -0.05) is 36.9 Å². The average molecular weight is 381 g/mol. The maximum atomic E-state index is 13.4. The van der Waals surface area contributed by atoms with Crippen LogP contribution < -0.4 is 15.0 Å². The van der Waals surface area contributed by atoms with Crippen molar-refractivity contribution in [3.8, 4) is 17.2 Å². The number of thioether (sulfide) groups is 1. The summed E-state index contributed by atoms with van der Waals surface area (Å²) in [7, 11) is 3.16. The van der Waals surface area contributed by atoms with Crippen molar-refractivity contribution < 1.29 is 9.47 Å². The third kappa shape index (κ3) is 2.84. The lowest BCUT2D eigenvalue weighted by molar-refractivity contribution is 0.354. The molecule has 0 aliphatic heterocycles. The van der Waals surface area contributed by atoms with Crippen LogP contribution in [0.2, 0.25) is 0 Å². The summed E-state index contributed by atoms with van der Waals surface area (Å²) in [4.78, 5) is 21.4. The summed E-state index contributed by atoms with van der Waals surface area (Å²) in [6, 6.07) is 13.2. The van der Waals surface area contributed by atoms with Crippen LogP contribution in [0.5, 0.6) is 11.5 Å². The molecule has 0 fully saturated rings. The normalized spacial score (nSPS) is 11.2. The van der Waals surface area contributed by atoms with E-state index in [0.717, 1.165) is 16.7 Å². The minimum Gasteiger partial charge on any atom is -0.493 e. The van der Waals surface area contributed by atoms with E-state index in [2.05, 4.69) is 4.98 Å². The molecule has 4 aromatic rings. The highest BCUT2D eigenvalue weighted by Crippen LogP contribution is 2.31. The Morgan fingerprint density at radius 1 is 1.11 bits per heavy atom. The highest BCUT2D eigenvalue weighted by molar-refractivity contribution is 7.99. The largest absolute Gasteiger partial charge is 0.493 e. The van der Waals surface area contributed by atoms with Gasteiger partial charge in [-0.3, -0.25) is 9.36 Å². The van der Waals surface area contributed by atoms with Crippen LogP contribution >= 0.6 is 11.8 Å². The van der Waals surface area contributed by atoms with Crippen LogP contribution in [0, 0.1) is 0 Å². The number of ether oxygens (including phenoxy) is 2. The van der Waals surface area contributed by atoms with Crippen molar-refractivity contribution in [1.29, 1.82) is 0 Å². The fourth-order valence-corrected chi connectivity index (χ4v) is 3.89. The molecule has 27 heavy (non-hydrogen) atoms. The van der Waals surface area contributed by atoms with Gasteiger partial charge in [0.25, 0.3) is 5.56 Å². The molecule has 2 heterocycles. The molecule has 2 aromatic carbocycles. The SMILES string of the molecule is CCSc1nc2c([nH]c3ccccc32)c(=O)n1-c1ccc(OC)c(OC)c1. The van der Waals surface area contributed by atoms with E-state index in [1.54, 1.807) is 30.9 Å². The summed E-state index contributed by atoms with van der Waals surface area (Å²) < 4.78 is 12.3. The van der Waals surface area contributed by atoms with Crippen LogP contribution in [0.15, 0.2) is 52.4 Å². The van der Waals surface area contributed by atoms with Crippen molar-refractivity contribution in [2.75, 3.05) is 20.0 Å². The van der Waals surface area contributed by atoms with E-state index in [9.17, 15) is 4.79 Å². The molecule has 0 aliphatic rings. The molecule has 0 bridgehead atoms. The predicted octanol–water partition coefficient (Wildman–Crippen LogP) is 4.00. The smallest absolute Gasteiger partial charge is 0.283 e. The van der Waals surface area contributed by atoms with E-state index in [-0.39, 0.29) is 5.56 Å². The molecule has 0 atom stereocenters. The van der Waals surface area contributed by atoms with E-state index >= 15 is 0 Å². The molecular formula is C20H19N3O3S. The molecule has 0 spiro atoms. The number of aromatic amines is 1. The van der Waals surface area contributed by atoms with Crippen molar-refractivity contribution in [3.63, 3.8) is 0 Å². The van der Waals surface area contributed by atoms with Gasteiger partial charge in [-0.25, -0.2) is 4.98 Å². The van der Waals surface area contributed by atoms with Crippen LogP contribution in [0.25, 0.3) is 27.6 Å². The van der Waals surface area contributed by atoms with Crippen molar-refractivity contribution >= 4 is 33.7 Å². The second-order valence-corrected chi connectivity index (χ2v) is 7.13. The van der Waals surface area contributed by atoms with Crippen LogP contribution in [-0.2, 0) is 0 Å². The maximum absolute atomic E-state index is 13.4. The molecule has 2 aromatic heterocycles. The summed E-state index contributed by atoms with van der Waals surface area (Å²) in [5, 5.41) is 1.59. The number of fused-ring (bicyclic) bond motifs is 3. The average Bonchev–Trinajstić information content (AvgIpc) is 3.07. The number of nitrogens with one attached hydrogen (secondary N) is 1. The van der Waals surface area contributed by atoms with E-state index in [1.165, 1.54) is 11.8 Å². The Labute approximate surface area is 160 Å². The van der Waals surface area contributed by atoms with Crippen LogP contribution in [0.3, 0.4) is 0 Å². The Kier molecular flexibility index (Phi) is 4.53. The molecule has 0 saturated heterocycles. The molecule has 0 saturated carbocycles. The van der Waals surface area contributed by atoms with Gasteiger partial charge in [0.1, 0.15) is 11.0 Å². The summed E-state index contributed by atoms with van der Waals surface area (Å²) in [5.74, 6) is 1.97. The molecule has 7 heteroatoms. The number of nitrogens with zero attached hydrogens (tertiary/aromatic N) is 2. The van der Waals surface area contributed by atoms with Gasteiger partial charge in [-0.15, -0.1) is 0 Å². The van der Waals surface area contributed by atoms with E-state index < -0.39 is 0 Å². The van der Waals surface area contributed by atoms with Crippen molar-refractivity contribution in [1.82, 2.24) is 14.5 Å². The Morgan fingerprint density at radius 2 is 1.89 bits per heavy atom. The first-order valence-corrected chi connectivity index (χ1v) is 9.55. The number of rotatable bonds is 5. The second-order valence-electron chi connectivity index (χ2n) is 5.90. The number of aromatic nitrogens is 3. The quantitative estimate of drug-likeness (QED) is 0.418. The molecule has 6 nitrogen and oxygen atoms in total. The first-order chi connectivity index (χ1) is 13.2. The van der Waals surface area contributed by atoms with E-state index in [4.69, 9.17) is 14.5 Å². The Balaban J connectivity index is 2.04. The monoisotopic (exact) mass is 381 g/mol. The Hall–Kier alpha value is -2.93. The number of H-pyrrole nitrogens is 1. The molecule has 0 amide bonds. The van der Waals surface area contributed by atoms with Gasteiger partial charge in [0.2, 0.25) is 0 Å². The first-order valence-electron chi connectivity index (χ1n) is 8.56. The lowest BCUT2D eigenvalue weighted by atomic mass is 10.2. The summed E-state index contributed by atoms with van der Waals surface area (Å²) in [6.45, 7) is 2.04. The van der Waals surface area contributed by atoms with Gasteiger partial charge in [0.05, 0.1) is 19.9 Å². The summed E-state index contributed by atoms with van der Waals surface area (Å²) >= 11 is 1.53. The molecule has 0 radical (unpaired) electrons. The Bertz CT molecular complexity index is 1200. The highest BCUT2D eigenvalue weighted by atomic mass is 32.2. The lowest BCUT2D eigenvalue weighted by Gasteiger charge is -2.14. The molecule has 138 valence electrons. The molecule has 4 rings (SSSR count). The van der Waals surface area contributed by atoms with Crippen LogP contribution in [0.1, 0.15) is 6.92 Å². The topological polar surface area (TPSA) is 69.1 Å². The number of methoxy groups -OCH3 is 2.